The molecule has 0 N–H and O–H groups in total. The molecule has 0 radical (unpaired) electrons. The molecule has 1 amide bonds. The summed E-state index contributed by atoms with van der Waals surface area (Å²) in [6, 6.07) is 8.43. The van der Waals surface area contributed by atoms with Gasteiger partial charge in [-0.2, -0.15) is 0 Å². The van der Waals surface area contributed by atoms with Crippen molar-refractivity contribution in [3.8, 4) is 11.5 Å². The maximum absolute atomic E-state index is 14.0. The number of hydrogen-bond donors (Lipinski definition) is 0. The lowest BCUT2D eigenvalue weighted by Gasteiger charge is -2.23. The lowest BCUT2D eigenvalue weighted by molar-refractivity contribution is 0.0970. The first-order valence-corrected chi connectivity index (χ1v) is 14.2. The van der Waals surface area contributed by atoms with Gasteiger partial charge in [0.2, 0.25) is 10.9 Å². The number of carbonyl (C=O) groups is 1. The van der Waals surface area contributed by atoms with E-state index in [1.165, 1.54) is 16.2 Å². The van der Waals surface area contributed by atoms with Gasteiger partial charge in [0.25, 0.3) is 5.91 Å². The molecule has 1 aliphatic rings. The highest BCUT2D eigenvalue weighted by atomic mass is 32.1. The Bertz CT molecular complexity index is 1590. The van der Waals surface area contributed by atoms with E-state index in [1.807, 2.05) is 44.2 Å². The van der Waals surface area contributed by atoms with E-state index in [2.05, 4.69) is 24.0 Å². The summed E-state index contributed by atoms with van der Waals surface area (Å²) in [6.07, 6.45) is 4.80. The van der Waals surface area contributed by atoms with Crippen LogP contribution in [0.25, 0.3) is 11.0 Å². The lowest BCUT2D eigenvalue weighted by Crippen LogP contribution is -2.29. The van der Waals surface area contributed by atoms with Gasteiger partial charge in [-0.3, -0.25) is 14.5 Å². The number of fused-ring (bicyclic) bond motifs is 2. The van der Waals surface area contributed by atoms with Crippen LogP contribution in [0.2, 0.25) is 0 Å². The van der Waals surface area contributed by atoms with Crippen LogP contribution in [0.1, 0.15) is 83.4 Å². The third-order valence-electron chi connectivity index (χ3n) is 7.12. The second kappa shape index (κ2) is 11.2. The Hall–Kier alpha value is -3.72. The fourth-order valence-electron chi connectivity index (χ4n) is 4.91. The summed E-state index contributed by atoms with van der Waals surface area (Å²) >= 11 is 1.35. The zero-order valence-electron chi connectivity index (χ0n) is 23.0. The van der Waals surface area contributed by atoms with Gasteiger partial charge in [0.1, 0.15) is 10.6 Å². The molecule has 0 saturated carbocycles. The summed E-state index contributed by atoms with van der Waals surface area (Å²) in [4.78, 5) is 29.4. The minimum Gasteiger partial charge on any atom is -0.493 e. The average molecular weight is 548 g/mol. The van der Waals surface area contributed by atoms with Crippen molar-refractivity contribution in [2.24, 2.45) is 0 Å². The smallest absolute Gasteiger partial charge is 0.297 e. The van der Waals surface area contributed by atoms with E-state index in [1.54, 1.807) is 7.11 Å². The topological polar surface area (TPSA) is 94.8 Å². The molecule has 39 heavy (non-hydrogen) atoms. The van der Waals surface area contributed by atoms with Gasteiger partial charge >= 0.3 is 0 Å². The van der Waals surface area contributed by atoms with E-state index in [0.29, 0.717) is 45.3 Å². The van der Waals surface area contributed by atoms with Gasteiger partial charge in [-0.05, 0) is 67.6 Å². The fourth-order valence-corrected chi connectivity index (χ4v) is 5.87. The zero-order valence-corrected chi connectivity index (χ0v) is 23.8. The summed E-state index contributed by atoms with van der Waals surface area (Å²) < 4.78 is 17.8. The Morgan fingerprint density at radius 3 is 2.54 bits per heavy atom. The van der Waals surface area contributed by atoms with Gasteiger partial charge in [-0.25, -0.2) is 0 Å². The molecule has 1 unspecified atom stereocenters. The molecule has 204 valence electrons. The van der Waals surface area contributed by atoms with Gasteiger partial charge in [0.15, 0.2) is 16.9 Å². The number of anilines is 1. The molecule has 4 aromatic rings. The highest BCUT2D eigenvalue weighted by Crippen LogP contribution is 2.44. The van der Waals surface area contributed by atoms with E-state index >= 15 is 0 Å². The Morgan fingerprint density at radius 2 is 1.79 bits per heavy atom. The predicted octanol–water partition coefficient (Wildman–Crippen LogP) is 6.54. The minimum atomic E-state index is -0.750. The number of ether oxygens (including phenoxy) is 2. The van der Waals surface area contributed by atoms with Gasteiger partial charge in [0.05, 0.1) is 30.7 Å². The first-order chi connectivity index (χ1) is 18.9. The molecule has 0 spiro atoms. The fraction of sp³-hybridized carbons (Fsp3) is 0.400. The summed E-state index contributed by atoms with van der Waals surface area (Å²) in [7, 11) is 1.58. The number of aromatic nitrogens is 2. The highest BCUT2D eigenvalue weighted by Gasteiger charge is 2.45. The van der Waals surface area contributed by atoms with E-state index in [0.717, 1.165) is 48.2 Å². The zero-order chi connectivity index (χ0) is 27.7. The molecule has 8 nitrogen and oxygen atoms in total. The molecule has 2 aromatic heterocycles. The van der Waals surface area contributed by atoms with Gasteiger partial charge in [0, 0.05) is 6.42 Å². The van der Waals surface area contributed by atoms with Crippen molar-refractivity contribution in [3.63, 3.8) is 0 Å². The van der Waals surface area contributed by atoms with Crippen molar-refractivity contribution < 1.29 is 18.7 Å². The normalized spacial score (nSPS) is 14.7. The van der Waals surface area contributed by atoms with E-state index < -0.39 is 11.9 Å². The molecule has 5 rings (SSSR count). The number of aryl methyl sites for hydroxylation is 3. The number of carbonyl (C=O) groups excluding carboxylic acids is 1. The Labute approximate surface area is 231 Å². The molecular weight excluding hydrogens is 514 g/mol. The van der Waals surface area contributed by atoms with Crippen molar-refractivity contribution >= 4 is 33.3 Å². The van der Waals surface area contributed by atoms with Crippen LogP contribution in [-0.4, -0.2) is 29.8 Å². The van der Waals surface area contributed by atoms with E-state index in [-0.39, 0.29) is 11.2 Å². The number of hydrogen-bond acceptors (Lipinski definition) is 8. The van der Waals surface area contributed by atoms with Crippen LogP contribution in [0.3, 0.4) is 0 Å². The van der Waals surface area contributed by atoms with Crippen LogP contribution in [-0.2, 0) is 6.42 Å². The van der Waals surface area contributed by atoms with Crippen LogP contribution in [0.5, 0.6) is 11.5 Å². The largest absolute Gasteiger partial charge is 0.493 e. The lowest BCUT2D eigenvalue weighted by atomic mass is 9.97. The number of rotatable bonds is 10. The van der Waals surface area contributed by atoms with Crippen molar-refractivity contribution in [2.75, 3.05) is 18.6 Å². The standard InChI is InChI=1S/C30H33N3O5S/c1-6-8-9-13-37-21-12-11-19(16-23(21)36-5)26-25-27(34)20-14-17(3)18(4)15-22(20)38-28(25)29(35)33(26)30-32-31-24(39-30)10-7-2/h11-12,14-16,26H,6-10,13H2,1-5H3. The third-order valence-corrected chi connectivity index (χ3v) is 8.10. The minimum absolute atomic E-state index is 0.0341. The number of amides is 1. The molecule has 0 bridgehead atoms. The molecule has 9 heteroatoms. The molecule has 0 saturated heterocycles. The highest BCUT2D eigenvalue weighted by molar-refractivity contribution is 7.15. The summed E-state index contributed by atoms with van der Waals surface area (Å²) in [5.74, 6) is 0.772. The first-order valence-electron chi connectivity index (χ1n) is 13.4. The second-order valence-corrected chi connectivity index (χ2v) is 10.9. The Balaban J connectivity index is 1.67. The van der Waals surface area contributed by atoms with Gasteiger partial charge in [-0.15, -0.1) is 10.2 Å². The molecule has 0 fully saturated rings. The van der Waals surface area contributed by atoms with Crippen molar-refractivity contribution in [2.45, 2.75) is 65.8 Å². The van der Waals surface area contributed by atoms with Crippen LogP contribution in [0, 0.1) is 13.8 Å². The number of unbranched alkanes of at least 4 members (excludes halogenated alkanes) is 2. The third kappa shape index (κ3) is 4.91. The van der Waals surface area contributed by atoms with Crippen LogP contribution >= 0.6 is 11.3 Å². The monoisotopic (exact) mass is 547 g/mol. The van der Waals surface area contributed by atoms with Crippen LogP contribution in [0.15, 0.2) is 39.5 Å². The van der Waals surface area contributed by atoms with Crippen molar-refractivity contribution in [3.05, 3.63) is 73.6 Å². The Morgan fingerprint density at radius 1 is 1.00 bits per heavy atom. The van der Waals surface area contributed by atoms with E-state index in [4.69, 9.17) is 13.9 Å². The van der Waals surface area contributed by atoms with Crippen LogP contribution < -0.4 is 19.8 Å². The molecule has 1 atom stereocenters. The molecule has 1 aliphatic heterocycles. The summed E-state index contributed by atoms with van der Waals surface area (Å²) in [5.41, 5.74) is 3.12. The number of benzene rings is 2. The molecule has 0 aliphatic carbocycles. The molecule has 3 heterocycles. The average Bonchev–Trinajstić information content (AvgIpc) is 3.50. The predicted molar refractivity (Wildman–Crippen MR) is 153 cm³/mol. The maximum atomic E-state index is 14.0. The maximum Gasteiger partial charge on any atom is 0.297 e. The number of methoxy groups -OCH3 is 1. The van der Waals surface area contributed by atoms with Gasteiger partial charge in [-0.1, -0.05) is 44.1 Å². The first kappa shape index (κ1) is 26.9. The van der Waals surface area contributed by atoms with Crippen molar-refractivity contribution in [1.29, 1.82) is 0 Å². The SMILES string of the molecule is CCCCCOc1ccc(C2c3c(oc4cc(C)c(C)cc4c3=O)C(=O)N2c2nnc(CCC)s2)cc1OC. The Kier molecular flexibility index (Phi) is 7.70. The second-order valence-electron chi connectivity index (χ2n) is 9.88. The van der Waals surface area contributed by atoms with Crippen molar-refractivity contribution in [1.82, 2.24) is 10.2 Å². The van der Waals surface area contributed by atoms with Crippen LogP contribution in [0.4, 0.5) is 5.13 Å². The van der Waals surface area contributed by atoms with E-state index in [9.17, 15) is 9.59 Å². The molecule has 2 aromatic carbocycles. The number of nitrogens with zero attached hydrogens (tertiary/aromatic N) is 3. The quantitative estimate of drug-likeness (QED) is 0.208. The summed E-state index contributed by atoms with van der Waals surface area (Å²) in [5, 5.41) is 10.3. The van der Waals surface area contributed by atoms with Gasteiger partial charge < -0.3 is 13.9 Å². The summed E-state index contributed by atoms with van der Waals surface area (Å²) in [6.45, 7) is 8.70. The molecular formula is C30H33N3O5S.